The molecule has 20 heavy (non-hydrogen) atoms. The summed E-state index contributed by atoms with van der Waals surface area (Å²) >= 11 is 5.98. The summed E-state index contributed by atoms with van der Waals surface area (Å²) in [6, 6.07) is 7.29. The highest BCUT2D eigenvalue weighted by Gasteiger charge is 2.11. The maximum absolute atomic E-state index is 9.89. The Hall–Kier alpha value is -1.03. The number of allylic oxidation sites excluding steroid dienone is 2. The minimum atomic E-state index is -0.523. The first-order chi connectivity index (χ1) is 9.75. The molecule has 0 saturated carbocycles. The third-order valence-electron chi connectivity index (χ3n) is 3.46. The van der Waals surface area contributed by atoms with E-state index in [0.29, 0.717) is 23.2 Å². The fraction of sp³-hybridized carbons (Fsp3) is 0.500. The van der Waals surface area contributed by atoms with Gasteiger partial charge in [0.15, 0.2) is 0 Å². The van der Waals surface area contributed by atoms with Crippen LogP contribution in [0.4, 0.5) is 0 Å². The lowest BCUT2D eigenvalue weighted by Gasteiger charge is -2.19. The maximum atomic E-state index is 9.89. The number of hydrogen-bond donors (Lipinski definition) is 2. The van der Waals surface area contributed by atoms with Gasteiger partial charge in [0.2, 0.25) is 0 Å². The first-order valence-electron chi connectivity index (χ1n) is 7.17. The van der Waals surface area contributed by atoms with Crippen LogP contribution in [0.15, 0.2) is 36.4 Å². The van der Waals surface area contributed by atoms with Crippen LogP contribution in [-0.4, -0.2) is 30.9 Å². The summed E-state index contributed by atoms with van der Waals surface area (Å²) in [5, 5.41) is 13.8. The second-order valence-electron chi connectivity index (χ2n) is 5.20. The van der Waals surface area contributed by atoms with E-state index in [1.165, 1.54) is 12.8 Å². The van der Waals surface area contributed by atoms with Crippen molar-refractivity contribution in [3.8, 4) is 5.75 Å². The topological polar surface area (TPSA) is 41.5 Å². The van der Waals surface area contributed by atoms with Gasteiger partial charge in [0.25, 0.3) is 0 Å². The van der Waals surface area contributed by atoms with Crippen LogP contribution in [0.25, 0.3) is 0 Å². The highest BCUT2D eigenvalue weighted by Crippen LogP contribution is 2.23. The number of ether oxygens (including phenoxy) is 1. The number of benzene rings is 1. The summed E-state index contributed by atoms with van der Waals surface area (Å²) in [7, 11) is 0. The van der Waals surface area contributed by atoms with Crippen LogP contribution in [0.2, 0.25) is 5.02 Å². The van der Waals surface area contributed by atoms with Gasteiger partial charge in [-0.2, -0.15) is 0 Å². The summed E-state index contributed by atoms with van der Waals surface area (Å²) in [6.45, 7) is 1.75. The summed E-state index contributed by atoms with van der Waals surface area (Å²) in [4.78, 5) is 0. The zero-order valence-corrected chi connectivity index (χ0v) is 12.4. The molecule has 2 N–H and O–H groups in total. The second kappa shape index (κ2) is 8.30. The highest BCUT2D eigenvalue weighted by molar-refractivity contribution is 6.32. The van der Waals surface area contributed by atoms with E-state index in [2.05, 4.69) is 17.5 Å². The van der Waals surface area contributed by atoms with E-state index < -0.39 is 6.10 Å². The van der Waals surface area contributed by atoms with Crippen LogP contribution in [0.1, 0.15) is 19.3 Å². The fourth-order valence-electron chi connectivity index (χ4n) is 2.30. The third-order valence-corrected chi connectivity index (χ3v) is 3.77. The predicted octanol–water partition coefficient (Wildman–Crippen LogP) is 3.03. The molecule has 0 spiro atoms. The van der Waals surface area contributed by atoms with Gasteiger partial charge in [0.05, 0.1) is 5.02 Å². The molecule has 0 bridgehead atoms. The molecule has 2 unspecified atom stereocenters. The molecule has 3 nitrogen and oxygen atoms in total. The Balaban J connectivity index is 1.62. The first kappa shape index (κ1) is 15.4. The minimum absolute atomic E-state index is 0.251. The summed E-state index contributed by atoms with van der Waals surface area (Å²) in [5.74, 6) is 1.31. The first-order valence-corrected chi connectivity index (χ1v) is 7.54. The molecule has 1 aliphatic carbocycles. The molecule has 0 amide bonds. The van der Waals surface area contributed by atoms with Gasteiger partial charge in [-0.1, -0.05) is 35.9 Å². The lowest BCUT2D eigenvalue weighted by molar-refractivity contribution is 0.105. The molecule has 0 aromatic heterocycles. The van der Waals surface area contributed by atoms with Crippen molar-refractivity contribution < 1.29 is 9.84 Å². The third kappa shape index (κ3) is 5.16. The number of aliphatic hydroxyl groups is 1. The van der Waals surface area contributed by atoms with E-state index in [0.717, 1.165) is 13.0 Å². The van der Waals surface area contributed by atoms with E-state index in [4.69, 9.17) is 16.3 Å². The predicted molar refractivity (Wildman–Crippen MR) is 82.3 cm³/mol. The van der Waals surface area contributed by atoms with E-state index in [9.17, 15) is 5.11 Å². The number of aliphatic hydroxyl groups excluding tert-OH is 1. The maximum Gasteiger partial charge on any atom is 0.138 e. The number of nitrogens with one attached hydrogen (secondary N) is 1. The Morgan fingerprint density at radius 3 is 2.95 bits per heavy atom. The van der Waals surface area contributed by atoms with E-state index in [-0.39, 0.29) is 6.61 Å². The minimum Gasteiger partial charge on any atom is -0.489 e. The molecule has 1 aromatic carbocycles. The molecule has 1 aliphatic rings. The number of hydrogen-bond acceptors (Lipinski definition) is 3. The highest BCUT2D eigenvalue weighted by atomic mass is 35.5. The molecule has 0 saturated heterocycles. The van der Waals surface area contributed by atoms with Gasteiger partial charge in [0, 0.05) is 6.54 Å². The van der Waals surface area contributed by atoms with Gasteiger partial charge in [-0.05, 0) is 43.9 Å². The Morgan fingerprint density at radius 2 is 2.20 bits per heavy atom. The Kier molecular flexibility index (Phi) is 6.37. The molecule has 0 fully saturated rings. The Labute approximate surface area is 125 Å². The van der Waals surface area contributed by atoms with Crippen molar-refractivity contribution in [3.05, 3.63) is 41.4 Å². The molecule has 110 valence electrons. The summed E-state index contributed by atoms with van der Waals surface area (Å²) in [6.07, 6.45) is 7.50. The normalized spacial score (nSPS) is 19.8. The Bertz CT molecular complexity index is 436. The average molecular weight is 296 g/mol. The fourth-order valence-corrected chi connectivity index (χ4v) is 2.49. The second-order valence-corrected chi connectivity index (χ2v) is 5.61. The van der Waals surface area contributed by atoms with Gasteiger partial charge in [-0.25, -0.2) is 0 Å². The average Bonchev–Trinajstić information content (AvgIpc) is 2.47. The van der Waals surface area contributed by atoms with E-state index >= 15 is 0 Å². The van der Waals surface area contributed by atoms with Gasteiger partial charge >= 0.3 is 0 Å². The molecular weight excluding hydrogens is 274 g/mol. The van der Waals surface area contributed by atoms with Crippen molar-refractivity contribution in [1.29, 1.82) is 0 Å². The zero-order chi connectivity index (χ0) is 14.2. The molecule has 0 aliphatic heterocycles. The molecule has 1 aromatic rings. The molecule has 2 atom stereocenters. The molecule has 2 rings (SSSR count). The monoisotopic (exact) mass is 295 g/mol. The smallest absolute Gasteiger partial charge is 0.138 e. The lowest BCUT2D eigenvalue weighted by atomic mass is 9.94. The zero-order valence-electron chi connectivity index (χ0n) is 11.6. The molecular formula is C16H22ClNO2. The van der Waals surface area contributed by atoms with Gasteiger partial charge in [-0.3, -0.25) is 0 Å². The quantitative estimate of drug-likeness (QED) is 0.760. The van der Waals surface area contributed by atoms with Crippen molar-refractivity contribution in [3.63, 3.8) is 0 Å². The van der Waals surface area contributed by atoms with Crippen LogP contribution in [0.5, 0.6) is 5.75 Å². The van der Waals surface area contributed by atoms with Gasteiger partial charge in [0.1, 0.15) is 18.5 Å². The van der Waals surface area contributed by atoms with Crippen molar-refractivity contribution in [1.82, 2.24) is 5.32 Å². The van der Waals surface area contributed by atoms with Crippen LogP contribution < -0.4 is 10.1 Å². The largest absolute Gasteiger partial charge is 0.489 e. The van der Waals surface area contributed by atoms with Crippen molar-refractivity contribution in [2.75, 3.05) is 19.7 Å². The van der Waals surface area contributed by atoms with Crippen LogP contribution in [-0.2, 0) is 0 Å². The number of rotatable bonds is 7. The van der Waals surface area contributed by atoms with Gasteiger partial charge < -0.3 is 15.2 Å². The summed E-state index contributed by atoms with van der Waals surface area (Å²) in [5.41, 5.74) is 0. The van der Waals surface area contributed by atoms with Crippen molar-refractivity contribution in [2.45, 2.75) is 25.4 Å². The molecule has 0 heterocycles. The Morgan fingerprint density at radius 1 is 1.35 bits per heavy atom. The van der Waals surface area contributed by atoms with E-state index in [1.54, 1.807) is 12.1 Å². The van der Waals surface area contributed by atoms with Crippen LogP contribution in [0, 0.1) is 5.92 Å². The standard InChI is InChI=1S/C16H22ClNO2/c17-15-8-4-5-9-16(15)20-12-14(19)11-18-10-13-6-2-1-3-7-13/h1-2,4-5,8-9,13-14,18-19H,3,6-7,10-12H2. The molecule has 0 radical (unpaired) electrons. The number of para-hydroxylation sites is 1. The lowest BCUT2D eigenvalue weighted by Crippen LogP contribution is -2.34. The van der Waals surface area contributed by atoms with Gasteiger partial charge in [-0.15, -0.1) is 0 Å². The van der Waals surface area contributed by atoms with E-state index in [1.807, 2.05) is 12.1 Å². The molecule has 4 heteroatoms. The number of halogens is 1. The van der Waals surface area contributed by atoms with Crippen molar-refractivity contribution >= 4 is 11.6 Å². The van der Waals surface area contributed by atoms with Crippen LogP contribution in [0.3, 0.4) is 0 Å². The summed E-state index contributed by atoms with van der Waals surface area (Å²) < 4.78 is 5.51. The van der Waals surface area contributed by atoms with Crippen LogP contribution >= 0.6 is 11.6 Å². The SMILES string of the molecule is OC(CNCC1CC=CCC1)COc1ccccc1Cl. The van der Waals surface area contributed by atoms with Crippen molar-refractivity contribution in [2.24, 2.45) is 5.92 Å².